The summed E-state index contributed by atoms with van der Waals surface area (Å²) in [5.74, 6) is 0.128. The molecule has 1 aliphatic heterocycles. The molecule has 0 saturated carbocycles. The van der Waals surface area contributed by atoms with Gasteiger partial charge in [-0.25, -0.2) is 0 Å². The lowest BCUT2D eigenvalue weighted by atomic mass is 9.95. The molecule has 3 aromatic heterocycles. The Bertz CT molecular complexity index is 1420. The van der Waals surface area contributed by atoms with Crippen LogP contribution in [-0.2, 0) is 24.2 Å². The summed E-state index contributed by atoms with van der Waals surface area (Å²) in [4.78, 5) is 24.0. The van der Waals surface area contributed by atoms with Crippen LogP contribution in [0.2, 0.25) is 0 Å². The molecule has 8 nitrogen and oxygen atoms in total. The Labute approximate surface area is 218 Å². The van der Waals surface area contributed by atoms with Crippen LogP contribution in [-0.4, -0.2) is 64.4 Å². The number of amides is 1. The average Bonchev–Trinajstić information content (AvgIpc) is 3.51. The van der Waals surface area contributed by atoms with Gasteiger partial charge in [0, 0.05) is 55.1 Å². The first-order valence-electron chi connectivity index (χ1n) is 13.0. The second-order valence-electron chi connectivity index (χ2n) is 9.78. The highest BCUT2D eigenvalue weighted by atomic mass is 16.2. The molecule has 0 unspecified atom stereocenters. The van der Waals surface area contributed by atoms with Crippen molar-refractivity contribution in [3.8, 4) is 22.5 Å². The van der Waals surface area contributed by atoms with E-state index in [1.807, 2.05) is 52.5 Å². The van der Waals surface area contributed by atoms with E-state index in [9.17, 15) is 4.79 Å². The molecule has 1 aliphatic rings. The van der Waals surface area contributed by atoms with Gasteiger partial charge in [-0.1, -0.05) is 18.2 Å². The van der Waals surface area contributed by atoms with Crippen molar-refractivity contribution in [2.75, 3.05) is 27.7 Å². The van der Waals surface area contributed by atoms with E-state index in [2.05, 4.69) is 39.6 Å². The summed E-state index contributed by atoms with van der Waals surface area (Å²) in [6.45, 7) is 3.56. The smallest absolute Gasteiger partial charge is 0.222 e. The molecule has 0 atom stereocenters. The van der Waals surface area contributed by atoms with E-state index >= 15 is 0 Å². The predicted octanol–water partition coefficient (Wildman–Crippen LogP) is 3.57. The molecule has 0 aliphatic carbocycles. The number of likely N-dealkylation sites (N-methyl/N-ethyl adjacent to an activating group) is 3. The number of carbonyl (C=O) groups is 1. The van der Waals surface area contributed by atoms with Crippen molar-refractivity contribution in [2.24, 2.45) is 0 Å². The standard InChI is InChI=1S/C29H35N7O/c1-19-7-5-8-23(33-19)29-28(25-9-6-16-36(25)34-29)22-14-15-32-24-17-20(10-12-21(22)24)11-13-27(37)35(4)18-26(30-2)31-3/h5,7-8,10,12,14-15,17,26,30-31H,6,9,11,13,16,18H2,1-4H3. The molecule has 2 N–H and O–H groups in total. The molecular weight excluding hydrogens is 462 g/mol. The van der Waals surface area contributed by atoms with E-state index in [1.165, 1.54) is 5.69 Å². The lowest BCUT2D eigenvalue weighted by molar-refractivity contribution is -0.130. The van der Waals surface area contributed by atoms with E-state index in [-0.39, 0.29) is 12.1 Å². The predicted molar refractivity (Wildman–Crippen MR) is 147 cm³/mol. The molecule has 1 amide bonds. The Balaban J connectivity index is 1.44. The molecular formula is C29H35N7O. The molecule has 0 bridgehead atoms. The van der Waals surface area contributed by atoms with Gasteiger partial charge in [0.15, 0.2) is 0 Å². The molecule has 0 spiro atoms. The van der Waals surface area contributed by atoms with E-state index in [0.717, 1.165) is 64.1 Å². The summed E-state index contributed by atoms with van der Waals surface area (Å²) in [5, 5.41) is 12.4. The fourth-order valence-electron chi connectivity index (χ4n) is 5.18. The number of rotatable bonds is 9. The third-order valence-electron chi connectivity index (χ3n) is 7.26. The third-order valence-corrected chi connectivity index (χ3v) is 7.26. The van der Waals surface area contributed by atoms with Gasteiger partial charge in [-0.05, 0) is 75.7 Å². The van der Waals surface area contributed by atoms with Gasteiger partial charge in [0.1, 0.15) is 5.69 Å². The van der Waals surface area contributed by atoms with Gasteiger partial charge in [-0.2, -0.15) is 5.10 Å². The molecule has 1 aromatic carbocycles. The Kier molecular flexibility index (Phi) is 7.30. The van der Waals surface area contributed by atoms with Gasteiger partial charge in [0.25, 0.3) is 0 Å². The number of nitrogens with one attached hydrogen (secondary N) is 2. The van der Waals surface area contributed by atoms with E-state index in [4.69, 9.17) is 15.1 Å². The Hall–Kier alpha value is -3.62. The first kappa shape index (κ1) is 25.0. The number of hydrogen-bond acceptors (Lipinski definition) is 6. The van der Waals surface area contributed by atoms with Crippen LogP contribution in [0.3, 0.4) is 0 Å². The van der Waals surface area contributed by atoms with Crippen molar-refractivity contribution in [3.05, 3.63) is 65.6 Å². The fourth-order valence-corrected chi connectivity index (χ4v) is 5.18. The number of carbonyl (C=O) groups excluding carboxylic acids is 1. The minimum absolute atomic E-state index is 0.0717. The quantitative estimate of drug-likeness (QED) is 0.344. The summed E-state index contributed by atoms with van der Waals surface area (Å²) >= 11 is 0. The first-order valence-corrected chi connectivity index (χ1v) is 13.0. The Morgan fingerprint density at radius 3 is 2.78 bits per heavy atom. The van der Waals surface area contributed by atoms with Gasteiger partial charge in [-0.3, -0.25) is 19.4 Å². The molecule has 4 aromatic rings. The maximum Gasteiger partial charge on any atom is 0.222 e. The first-order chi connectivity index (χ1) is 18.0. The monoisotopic (exact) mass is 497 g/mol. The zero-order valence-electron chi connectivity index (χ0n) is 22.1. The minimum Gasteiger partial charge on any atom is -0.343 e. The Morgan fingerprint density at radius 2 is 2.00 bits per heavy atom. The topological polar surface area (TPSA) is 88.0 Å². The molecule has 4 heterocycles. The van der Waals surface area contributed by atoms with Crippen molar-refractivity contribution in [3.63, 3.8) is 0 Å². The van der Waals surface area contributed by atoms with Crippen molar-refractivity contribution in [1.29, 1.82) is 0 Å². The summed E-state index contributed by atoms with van der Waals surface area (Å²) < 4.78 is 2.14. The third kappa shape index (κ3) is 5.12. The zero-order valence-corrected chi connectivity index (χ0v) is 22.1. The molecule has 5 rings (SSSR count). The summed E-state index contributed by atoms with van der Waals surface area (Å²) in [5.41, 5.74) is 8.43. The summed E-state index contributed by atoms with van der Waals surface area (Å²) in [7, 11) is 5.62. The van der Waals surface area contributed by atoms with Crippen LogP contribution in [0, 0.1) is 6.92 Å². The maximum atomic E-state index is 12.7. The Morgan fingerprint density at radius 1 is 1.16 bits per heavy atom. The minimum atomic E-state index is 0.0717. The van der Waals surface area contributed by atoms with Gasteiger partial charge >= 0.3 is 0 Å². The van der Waals surface area contributed by atoms with Crippen molar-refractivity contribution < 1.29 is 4.79 Å². The van der Waals surface area contributed by atoms with Gasteiger partial charge < -0.3 is 15.5 Å². The largest absolute Gasteiger partial charge is 0.343 e. The number of hydrogen-bond donors (Lipinski definition) is 2. The van der Waals surface area contributed by atoms with Gasteiger partial charge in [0.2, 0.25) is 5.91 Å². The van der Waals surface area contributed by atoms with Gasteiger partial charge in [0.05, 0.1) is 17.4 Å². The summed E-state index contributed by atoms with van der Waals surface area (Å²) in [6.07, 6.45) is 5.20. The van der Waals surface area contributed by atoms with Gasteiger partial charge in [-0.15, -0.1) is 0 Å². The molecule has 192 valence electrons. The van der Waals surface area contributed by atoms with Crippen molar-refractivity contribution >= 4 is 16.8 Å². The molecule has 0 radical (unpaired) electrons. The molecule has 0 fully saturated rings. The normalized spacial score (nSPS) is 12.9. The number of aromatic nitrogens is 4. The average molecular weight is 498 g/mol. The lowest BCUT2D eigenvalue weighted by Gasteiger charge is -2.23. The number of aryl methyl sites for hydroxylation is 3. The van der Waals surface area contributed by atoms with Crippen LogP contribution in [0.5, 0.6) is 0 Å². The highest BCUT2D eigenvalue weighted by Gasteiger charge is 2.25. The second kappa shape index (κ2) is 10.8. The highest BCUT2D eigenvalue weighted by Crippen LogP contribution is 2.39. The highest BCUT2D eigenvalue weighted by molar-refractivity contribution is 5.99. The van der Waals surface area contributed by atoms with Crippen LogP contribution in [0.4, 0.5) is 0 Å². The van der Waals surface area contributed by atoms with E-state index in [0.29, 0.717) is 19.4 Å². The molecule has 37 heavy (non-hydrogen) atoms. The number of fused-ring (bicyclic) bond motifs is 2. The van der Waals surface area contributed by atoms with E-state index in [1.54, 1.807) is 4.90 Å². The van der Waals surface area contributed by atoms with Crippen LogP contribution in [0.15, 0.2) is 48.7 Å². The van der Waals surface area contributed by atoms with Crippen LogP contribution in [0.25, 0.3) is 33.4 Å². The molecule has 0 saturated heterocycles. The van der Waals surface area contributed by atoms with Crippen LogP contribution < -0.4 is 10.6 Å². The number of nitrogens with zero attached hydrogens (tertiary/aromatic N) is 5. The summed E-state index contributed by atoms with van der Waals surface area (Å²) in [6, 6.07) is 14.6. The maximum absolute atomic E-state index is 12.7. The van der Waals surface area contributed by atoms with Crippen molar-refractivity contribution in [2.45, 2.75) is 45.3 Å². The SMILES string of the molecule is CNC(CN(C)C(=O)CCc1ccc2c(-c3c(-c4cccc(C)n4)nn4c3CCC4)ccnc2c1)NC. The second-order valence-corrected chi connectivity index (χ2v) is 9.78. The zero-order chi connectivity index (χ0) is 25.9. The van der Waals surface area contributed by atoms with Crippen molar-refractivity contribution in [1.82, 2.24) is 35.3 Å². The molecule has 8 heteroatoms. The van der Waals surface area contributed by atoms with Crippen LogP contribution in [0.1, 0.15) is 29.8 Å². The fraction of sp³-hybridized carbons (Fsp3) is 0.379. The number of benzene rings is 1. The van der Waals surface area contributed by atoms with E-state index < -0.39 is 0 Å². The van der Waals surface area contributed by atoms with Crippen LogP contribution >= 0.6 is 0 Å². The number of pyridine rings is 2. The lowest BCUT2D eigenvalue weighted by Crippen LogP contribution is -2.47.